The van der Waals surface area contributed by atoms with E-state index in [0.29, 0.717) is 19.3 Å². The van der Waals surface area contributed by atoms with Gasteiger partial charge < -0.3 is 42.7 Å². The Kier molecular flexibility index (Phi) is 15.8. The van der Waals surface area contributed by atoms with Crippen molar-refractivity contribution in [2.75, 3.05) is 13.1 Å². The van der Waals surface area contributed by atoms with Crippen molar-refractivity contribution >= 4 is 41.4 Å². The van der Waals surface area contributed by atoms with E-state index >= 15 is 0 Å². The summed E-state index contributed by atoms with van der Waals surface area (Å²) in [5.41, 5.74) is 11.2. The summed E-state index contributed by atoms with van der Waals surface area (Å²) in [6.45, 7) is 10.6. The average molecular weight is 626 g/mol. The number of nitrogens with two attached hydrogens (primary N) is 2. The van der Waals surface area contributed by atoms with Crippen LogP contribution in [0.1, 0.15) is 80.1 Å². The number of amides is 6. The predicted octanol–water partition coefficient (Wildman–Crippen LogP) is -1.03. The van der Waals surface area contributed by atoms with Crippen molar-refractivity contribution in [1.29, 1.82) is 0 Å². The molecule has 0 radical (unpaired) electrons. The van der Waals surface area contributed by atoms with Crippen molar-refractivity contribution < 1.29 is 38.7 Å². The Bertz CT molecular complexity index is 1050. The lowest BCUT2D eigenvalue weighted by molar-refractivity contribution is -0.143. The molecule has 0 aromatic carbocycles. The normalized spacial score (nSPS) is 17.5. The van der Waals surface area contributed by atoms with E-state index in [4.69, 9.17) is 11.5 Å². The van der Waals surface area contributed by atoms with E-state index in [1.165, 1.54) is 4.90 Å². The van der Waals surface area contributed by atoms with Crippen molar-refractivity contribution in [3.8, 4) is 0 Å². The van der Waals surface area contributed by atoms with Crippen LogP contribution in [0.15, 0.2) is 0 Å². The molecule has 0 aromatic heterocycles. The highest BCUT2D eigenvalue weighted by Gasteiger charge is 2.38. The van der Waals surface area contributed by atoms with E-state index in [1.807, 2.05) is 27.7 Å². The number of likely N-dealkylation sites (tertiary alicyclic amines) is 1. The van der Waals surface area contributed by atoms with Crippen LogP contribution in [-0.4, -0.2) is 94.7 Å². The van der Waals surface area contributed by atoms with E-state index in [9.17, 15) is 38.7 Å². The molecule has 44 heavy (non-hydrogen) atoms. The topological polar surface area (TPSA) is 243 Å². The lowest BCUT2D eigenvalue weighted by atomic mass is 10.0. The first kappa shape index (κ1) is 38.3. The fourth-order valence-corrected chi connectivity index (χ4v) is 4.94. The Morgan fingerprint density at radius 2 is 1.45 bits per heavy atom. The molecule has 1 aliphatic heterocycles. The van der Waals surface area contributed by atoms with E-state index in [-0.39, 0.29) is 43.6 Å². The van der Waals surface area contributed by atoms with E-state index < -0.39 is 78.2 Å². The molecule has 0 bridgehead atoms. The second-order valence-electron chi connectivity index (χ2n) is 12.5. The van der Waals surface area contributed by atoms with Gasteiger partial charge in [0.2, 0.25) is 35.4 Å². The van der Waals surface area contributed by atoms with Gasteiger partial charge in [-0.3, -0.25) is 28.8 Å². The van der Waals surface area contributed by atoms with E-state index in [0.717, 1.165) is 0 Å². The molecule has 9 N–H and O–H groups in total. The van der Waals surface area contributed by atoms with Gasteiger partial charge in [0.05, 0.1) is 12.6 Å². The number of nitrogens with one attached hydrogen (secondary N) is 4. The molecule has 0 aromatic rings. The Hall–Kier alpha value is -3.75. The van der Waals surface area contributed by atoms with Crippen LogP contribution in [0.2, 0.25) is 0 Å². The standard InChI is InChI=1S/C29H51N7O8/c1-15(2)12-18(30)25(39)33-19(9-10-22(31)37)28(42)36-11-7-8-21(36)26(40)32-14-23(38)35-24(17(5)6)27(41)34-20(29(43)44)13-16(3)4/h15-21,24H,7-14,30H2,1-6H3,(H2,31,37)(H,32,40)(H,33,39)(H,34,41)(H,35,38)(H,43,44). The SMILES string of the molecule is CC(C)CC(N)C(=O)NC(CCC(N)=O)C(=O)N1CCCC1C(=O)NCC(=O)NC(C(=O)NC(CC(C)C)C(=O)O)C(C)C. The second-order valence-corrected chi connectivity index (χ2v) is 12.5. The molecule has 1 fully saturated rings. The number of carbonyl (C=O) groups excluding carboxylic acids is 6. The Labute approximate surface area is 259 Å². The number of primary amides is 1. The number of nitrogens with zero attached hydrogens (tertiary/aromatic N) is 1. The lowest BCUT2D eigenvalue weighted by Gasteiger charge is -2.29. The van der Waals surface area contributed by atoms with E-state index in [1.54, 1.807) is 13.8 Å². The molecule has 5 unspecified atom stereocenters. The molecule has 0 spiro atoms. The van der Waals surface area contributed by atoms with E-state index in [2.05, 4.69) is 21.3 Å². The zero-order valence-electron chi connectivity index (χ0n) is 26.7. The number of aliphatic carboxylic acids is 1. The molecule has 5 atom stereocenters. The summed E-state index contributed by atoms with van der Waals surface area (Å²) in [5, 5.41) is 19.6. The van der Waals surface area contributed by atoms with Crippen molar-refractivity contribution in [3.63, 3.8) is 0 Å². The molecule has 0 saturated carbocycles. The number of carboxylic acid groups (broad SMARTS) is 1. The van der Waals surface area contributed by atoms with Crippen molar-refractivity contribution in [2.45, 2.75) is 110 Å². The van der Waals surface area contributed by atoms with Crippen molar-refractivity contribution in [1.82, 2.24) is 26.2 Å². The van der Waals surface area contributed by atoms with Gasteiger partial charge in [-0.2, -0.15) is 0 Å². The zero-order chi connectivity index (χ0) is 33.7. The number of rotatable bonds is 18. The average Bonchev–Trinajstić information content (AvgIpc) is 3.40. The van der Waals surface area contributed by atoms with Crippen LogP contribution in [0.5, 0.6) is 0 Å². The fraction of sp³-hybridized carbons (Fsp3) is 0.759. The monoisotopic (exact) mass is 625 g/mol. The van der Waals surface area contributed by atoms with Gasteiger partial charge in [0.1, 0.15) is 24.2 Å². The second kappa shape index (κ2) is 18.1. The van der Waals surface area contributed by atoms with Crippen LogP contribution >= 0.6 is 0 Å². The van der Waals surface area contributed by atoms with Crippen LogP contribution < -0.4 is 32.7 Å². The van der Waals surface area contributed by atoms with Crippen LogP contribution in [-0.2, 0) is 33.6 Å². The first-order valence-electron chi connectivity index (χ1n) is 15.2. The van der Waals surface area contributed by atoms with Gasteiger partial charge in [-0.1, -0.05) is 41.5 Å². The summed E-state index contributed by atoms with van der Waals surface area (Å²) in [6.07, 6.45) is 1.17. The van der Waals surface area contributed by atoms with Gasteiger partial charge in [-0.05, 0) is 49.9 Å². The maximum Gasteiger partial charge on any atom is 0.326 e. The van der Waals surface area contributed by atoms with Crippen LogP contribution in [0.3, 0.4) is 0 Å². The molecule has 15 nitrogen and oxygen atoms in total. The van der Waals surface area contributed by atoms with Crippen LogP contribution in [0.25, 0.3) is 0 Å². The van der Waals surface area contributed by atoms with Gasteiger partial charge in [-0.25, -0.2) is 4.79 Å². The molecule has 1 heterocycles. The lowest BCUT2D eigenvalue weighted by Crippen LogP contribution is -2.57. The van der Waals surface area contributed by atoms with Gasteiger partial charge in [0.15, 0.2) is 0 Å². The summed E-state index contributed by atoms with van der Waals surface area (Å²) in [6, 6.07) is -5.08. The Balaban J connectivity index is 2.88. The molecule has 15 heteroatoms. The highest BCUT2D eigenvalue weighted by molar-refractivity contribution is 5.95. The molecule has 6 amide bonds. The zero-order valence-corrected chi connectivity index (χ0v) is 26.7. The quantitative estimate of drug-likeness (QED) is 0.0983. The van der Waals surface area contributed by atoms with Crippen molar-refractivity contribution in [3.05, 3.63) is 0 Å². The largest absolute Gasteiger partial charge is 0.480 e. The summed E-state index contributed by atoms with van der Waals surface area (Å²) >= 11 is 0. The summed E-state index contributed by atoms with van der Waals surface area (Å²) in [4.78, 5) is 89.0. The minimum atomic E-state index is -1.18. The molecule has 1 aliphatic rings. The van der Waals surface area contributed by atoms with Crippen molar-refractivity contribution in [2.24, 2.45) is 29.2 Å². The highest BCUT2D eigenvalue weighted by atomic mass is 16.4. The van der Waals surface area contributed by atoms with Gasteiger partial charge in [-0.15, -0.1) is 0 Å². The first-order valence-corrected chi connectivity index (χ1v) is 15.2. The van der Waals surface area contributed by atoms with Crippen LogP contribution in [0, 0.1) is 17.8 Å². The predicted molar refractivity (Wildman–Crippen MR) is 161 cm³/mol. The van der Waals surface area contributed by atoms with Gasteiger partial charge in [0.25, 0.3) is 0 Å². The minimum absolute atomic E-state index is 0.0119. The van der Waals surface area contributed by atoms with Gasteiger partial charge >= 0.3 is 5.97 Å². The minimum Gasteiger partial charge on any atom is -0.480 e. The highest BCUT2D eigenvalue weighted by Crippen LogP contribution is 2.20. The molecule has 1 rings (SSSR count). The molecule has 0 aliphatic carbocycles. The smallest absolute Gasteiger partial charge is 0.326 e. The number of hydrogen-bond acceptors (Lipinski definition) is 8. The third kappa shape index (κ3) is 12.9. The number of hydrogen-bond donors (Lipinski definition) is 7. The maximum absolute atomic E-state index is 13.5. The Morgan fingerprint density at radius 1 is 0.864 bits per heavy atom. The van der Waals surface area contributed by atoms with Crippen LogP contribution in [0.4, 0.5) is 0 Å². The molecule has 250 valence electrons. The molecule has 1 saturated heterocycles. The molecular formula is C29H51N7O8. The first-order chi connectivity index (χ1) is 20.4. The summed E-state index contributed by atoms with van der Waals surface area (Å²) in [5.74, 6) is -5.12. The number of carbonyl (C=O) groups is 7. The summed E-state index contributed by atoms with van der Waals surface area (Å²) in [7, 11) is 0. The third-order valence-electron chi connectivity index (χ3n) is 7.21. The van der Waals surface area contributed by atoms with Gasteiger partial charge in [0, 0.05) is 13.0 Å². The Morgan fingerprint density at radius 3 is 1.98 bits per heavy atom. The fourth-order valence-electron chi connectivity index (χ4n) is 4.94. The molecular weight excluding hydrogens is 574 g/mol. The maximum atomic E-state index is 13.5. The number of carboxylic acids is 1. The third-order valence-corrected chi connectivity index (χ3v) is 7.21. The summed E-state index contributed by atoms with van der Waals surface area (Å²) < 4.78 is 0.